The summed E-state index contributed by atoms with van der Waals surface area (Å²) in [5, 5.41) is 5.52. The average Bonchev–Trinajstić information content (AvgIpc) is 3.24. The maximum absolute atomic E-state index is 11.7. The molecule has 0 radical (unpaired) electrons. The van der Waals surface area contributed by atoms with E-state index in [4.69, 9.17) is 14.5 Å². The SMILES string of the molecule is COc1ccc2nc(-c3ccc(COc4nn(C)cc4-c4ccc(=O)n(C)c4)cc3)c(C)cc2c1. The van der Waals surface area contributed by atoms with Gasteiger partial charge in [0.05, 0.1) is 23.9 Å². The van der Waals surface area contributed by atoms with Gasteiger partial charge in [0.2, 0.25) is 11.4 Å². The third-order valence-electron chi connectivity index (χ3n) is 6.01. The van der Waals surface area contributed by atoms with Gasteiger partial charge in [-0.3, -0.25) is 9.48 Å². The van der Waals surface area contributed by atoms with Crippen LogP contribution in [-0.4, -0.2) is 26.4 Å². The number of aryl methyl sites for hydroxylation is 3. The summed E-state index contributed by atoms with van der Waals surface area (Å²) in [6.45, 7) is 2.44. The first-order valence-electron chi connectivity index (χ1n) is 11.3. The number of pyridine rings is 2. The number of benzene rings is 2. The van der Waals surface area contributed by atoms with Crippen molar-refractivity contribution in [3.05, 3.63) is 94.5 Å². The first-order chi connectivity index (χ1) is 16.9. The number of rotatable bonds is 6. The van der Waals surface area contributed by atoms with E-state index in [-0.39, 0.29) is 5.56 Å². The summed E-state index contributed by atoms with van der Waals surface area (Å²) in [7, 11) is 5.25. The molecule has 0 fully saturated rings. The smallest absolute Gasteiger partial charge is 0.250 e. The largest absolute Gasteiger partial charge is 0.497 e. The first-order valence-corrected chi connectivity index (χ1v) is 11.3. The number of nitrogens with zero attached hydrogens (tertiary/aromatic N) is 4. The van der Waals surface area contributed by atoms with Gasteiger partial charge in [-0.25, -0.2) is 4.98 Å². The number of methoxy groups -OCH3 is 1. The fourth-order valence-corrected chi connectivity index (χ4v) is 4.12. The zero-order chi connectivity index (χ0) is 24.5. The molecule has 0 saturated carbocycles. The van der Waals surface area contributed by atoms with Crippen LogP contribution in [0.2, 0.25) is 0 Å². The lowest BCUT2D eigenvalue weighted by molar-refractivity contribution is 0.292. The third kappa shape index (κ3) is 4.53. The predicted molar refractivity (Wildman–Crippen MR) is 137 cm³/mol. The molecule has 7 heteroatoms. The van der Waals surface area contributed by atoms with E-state index in [9.17, 15) is 4.79 Å². The standard InChI is InChI=1S/C28H26N4O3/c1-18-13-22-14-23(34-4)10-11-25(22)29-27(18)20-7-5-19(6-8-20)17-35-28-24(16-32(3)30-28)21-9-12-26(33)31(2)15-21/h5-16H,17H2,1-4H3. The van der Waals surface area contributed by atoms with E-state index >= 15 is 0 Å². The van der Waals surface area contributed by atoms with E-state index in [0.717, 1.165) is 50.2 Å². The zero-order valence-electron chi connectivity index (χ0n) is 20.1. The Morgan fingerprint density at radius 2 is 1.69 bits per heavy atom. The van der Waals surface area contributed by atoms with Crippen molar-refractivity contribution in [2.24, 2.45) is 14.1 Å². The average molecular weight is 467 g/mol. The second-order valence-electron chi connectivity index (χ2n) is 8.59. The minimum atomic E-state index is -0.0592. The van der Waals surface area contributed by atoms with Crippen molar-refractivity contribution >= 4 is 10.9 Å². The van der Waals surface area contributed by atoms with Crippen molar-refractivity contribution in [1.29, 1.82) is 0 Å². The highest BCUT2D eigenvalue weighted by molar-refractivity contribution is 5.84. The molecule has 0 aliphatic carbocycles. The molecule has 0 atom stereocenters. The molecule has 3 heterocycles. The summed E-state index contributed by atoms with van der Waals surface area (Å²) in [6, 6.07) is 19.6. The van der Waals surface area contributed by atoms with E-state index in [2.05, 4.69) is 30.2 Å². The minimum Gasteiger partial charge on any atom is -0.497 e. The molecule has 7 nitrogen and oxygen atoms in total. The van der Waals surface area contributed by atoms with Crippen LogP contribution in [0.25, 0.3) is 33.3 Å². The molecule has 176 valence electrons. The zero-order valence-corrected chi connectivity index (χ0v) is 20.1. The monoisotopic (exact) mass is 466 g/mol. The van der Waals surface area contributed by atoms with Crippen LogP contribution in [0.4, 0.5) is 0 Å². The summed E-state index contributed by atoms with van der Waals surface area (Å²) in [6.07, 6.45) is 3.68. The fourth-order valence-electron chi connectivity index (χ4n) is 4.12. The molecular weight excluding hydrogens is 440 g/mol. The maximum atomic E-state index is 11.7. The first kappa shape index (κ1) is 22.4. The van der Waals surface area contributed by atoms with Crippen molar-refractivity contribution in [3.63, 3.8) is 0 Å². The Balaban J connectivity index is 1.36. The molecule has 35 heavy (non-hydrogen) atoms. The molecule has 0 N–H and O–H groups in total. The number of hydrogen-bond acceptors (Lipinski definition) is 5. The molecular formula is C28H26N4O3. The van der Waals surface area contributed by atoms with E-state index in [1.807, 2.05) is 43.6 Å². The maximum Gasteiger partial charge on any atom is 0.250 e. The van der Waals surface area contributed by atoms with Crippen molar-refractivity contribution in [1.82, 2.24) is 19.3 Å². The van der Waals surface area contributed by atoms with Crippen LogP contribution < -0.4 is 15.0 Å². The summed E-state index contributed by atoms with van der Waals surface area (Å²) < 4.78 is 14.7. The molecule has 0 amide bonds. The highest BCUT2D eigenvalue weighted by Gasteiger charge is 2.13. The molecule has 0 saturated heterocycles. The lowest BCUT2D eigenvalue weighted by Crippen LogP contribution is -2.13. The van der Waals surface area contributed by atoms with Gasteiger partial charge in [0, 0.05) is 49.1 Å². The van der Waals surface area contributed by atoms with Gasteiger partial charge in [0.1, 0.15) is 12.4 Å². The van der Waals surface area contributed by atoms with Crippen LogP contribution in [0.3, 0.4) is 0 Å². The molecule has 0 spiro atoms. The Morgan fingerprint density at radius 1 is 0.914 bits per heavy atom. The Hall–Kier alpha value is -4.39. The molecule has 5 aromatic rings. The van der Waals surface area contributed by atoms with Crippen LogP contribution in [0.1, 0.15) is 11.1 Å². The normalized spacial score (nSPS) is 11.1. The van der Waals surface area contributed by atoms with Crippen LogP contribution in [-0.2, 0) is 20.7 Å². The predicted octanol–water partition coefficient (Wildman–Crippen LogP) is 4.90. The third-order valence-corrected chi connectivity index (χ3v) is 6.01. The topological polar surface area (TPSA) is 71.2 Å². The van der Waals surface area contributed by atoms with Gasteiger partial charge >= 0.3 is 0 Å². The van der Waals surface area contributed by atoms with Gasteiger partial charge in [-0.05, 0) is 48.4 Å². The molecule has 3 aromatic heterocycles. The van der Waals surface area contributed by atoms with Crippen molar-refractivity contribution in [2.45, 2.75) is 13.5 Å². The van der Waals surface area contributed by atoms with Crippen molar-refractivity contribution < 1.29 is 9.47 Å². The Morgan fingerprint density at radius 3 is 2.43 bits per heavy atom. The van der Waals surface area contributed by atoms with Gasteiger partial charge in [0.25, 0.3) is 0 Å². The summed E-state index contributed by atoms with van der Waals surface area (Å²) in [4.78, 5) is 16.6. The Labute approximate surface area is 203 Å². The quantitative estimate of drug-likeness (QED) is 0.356. The molecule has 0 aliphatic rings. The van der Waals surface area contributed by atoms with Crippen molar-refractivity contribution in [2.75, 3.05) is 7.11 Å². The molecule has 5 rings (SSSR count). The van der Waals surface area contributed by atoms with Crippen LogP contribution in [0.15, 0.2) is 77.9 Å². The van der Waals surface area contributed by atoms with Gasteiger partial charge in [-0.2, -0.15) is 0 Å². The number of ether oxygens (including phenoxy) is 2. The highest BCUT2D eigenvalue weighted by atomic mass is 16.5. The number of fused-ring (bicyclic) bond motifs is 1. The van der Waals surface area contributed by atoms with Crippen LogP contribution in [0.5, 0.6) is 11.6 Å². The fraction of sp³-hybridized carbons (Fsp3) is 0.179. The second-order valence-corrected chi connectivity index (χ2v) is 8.59. The number of hydrogen-bond donors (Lipinski definition) is 0. The summed E-state index contributed by atoms with van der Waals surface area (Å²) in [5.74, 6) is 1.35. The van der Waals surface area contributed by atoms with Gasteiger partial charge in [0.15, 0.2) is 0 Å². The van der Waals surface area contributed by atoms with Crippen LogP contribution >= 0.6 is 0 Å². The van der Waals surface area contributed by atoms with Crippen LogP contribution in [0, 0.1) is 6.92 Å². The molecule has 0 unspecified atom stereocenters. The van der Waals surface area contributed by atoms with Gasteiger partial charge < -0.3 is 14.0 Å². The lowest BCUT2D eigenvalue weighted by Gasteiger charge is -2.10. The summed E-state index contributed by atoms with van der Waals surface area (Å²) in [5.41, 5.74) is 6.72. The van der Waals surface area contributed by atoms with E-state index in [0.29, 0.717) is 12.5 Å². The van der Waals surface area contributed by atoms with E-state index < -0.39 is 0 Å². The van der Waals surface area contributed by atoms with Crippen molar-refractivity contribution in [3.8, 4) is 34.0 Å². The molecule has 2 aromatic carbocycles. The van der Waals surface area contributed by atoms with Gasteiger partial charge in [-0.1, -0.05) is 24.3 Å². The molecule has 0 aliphatic heterocycles. The van der Waals surface area contributed by atoms with E-state index in [1.165, 1.54) is 0 Å². The number of aromatic nitrogens is 4. The Kier molecular flexibility index (Phi) is 5.82. The highest BCUT2D eigenvalue weighted by Crippen LogP contribution is 2.30. The summed E-state index contributed by atoms with van der Waals surface area (Å²) >= 11 is 0. The van der Waals surface area contributed by atoms with E-state index in [1.54, 1.807) is 41.7 Å². The van der Waals surface area contributed by atoms with Gasteiger partial charge in [-0.15, -0.1) is 5.10 Å². The molecule has 0 bridgehead atoms. The lowest BCUT2D eigenvalue weighted by atomic mass is 10.0. The second kappa shape index (κ2) is 9.10. The minimum absolute atomic E-state index is 0.0592. The Bertz CT molecular complexity index is 1580.